The van der Waals surface area contributed by atoms with Crippen molar-refractivity contribution in [3.05, 3.63) is 89.5 Å². The van der Waals surface area contributed by atoms with Gasteiger partial charge in [-0.05, 0) is 23.1 Å². The molecule has 5 heteroatoms. The molecule has 0 amide bonds. The molecule has 0 aliphatic rings. The fraction of sp³-hybridized carbons (Fsp3) is 0.333. The van der Waals surface area contributed by atoms with Gasteiger partial charge in [0.1, 0.15) is 5.82 Å². The average molecular weight is 390 g/mol. The van der Waals surface area contributed by atoms with Crippen molar-refractivity contribution in [2.24, 2.45) is 4.99 Å². The number of imidazole rings is 1. The van der Waals surface area contributed by atoms with Crippen LogP contribution in [0, 0.1) is 0 Å². The topological polar surface area (TPSA) is 45.4 Å². The quantitative estimate of drug-likeness (QED) is 0.471. The Balaban J connectivity index is 1.51. The highest BCUT2D eigenvalue weighted by Crippen LogP contribution is 2.08. The summed E-state index contributed by atoms with van der Waals surface area (Å²) in [6, 6.07) is 19.3. The molecule has 0 saturated carbocycles. The number of aliphatic imine (C=N–C) groups is 1. The van der Waals surface area contributed by atoms with E-state index in [4.69, 9.17) is 0 Å². The Kier molecular flexibility index (Phi) is 7.45. The third kappa shape index (κ3) is 5.95. The number of nitrogens with one attached hydrogen (secondary N) is 1. The molecule has 5 nitrogen and oxygen atoms in total. The van der Waals surface area contributed by atoms with Crippen molar-refractivity contribution in [3.63, 3.8) is 0 Å². The molecule has 1 aromatic heterocycles. The van der Waals surface area contributed by atoms with E-state index in [9.17, 15) is 0 Å². The summed E-state index contributed by atoms with van der Waals surface area (Å²) in [4.78, 5) is 11.1. The van der Waals surface area contributed by atoms with Crippen LogP contribution in [0.25, 0.3) is 0 Å². The summed E-state index contributed by atoms with van der Waals surface area (Å²) in [5, 5.41) is 3.46. The maximum Gasteiger partial charge on any atom is 0.193 e. The van der Waals surface area contributed by atoms with Gasteiger partial charge in [-0.15, -0.1) is 0 Å². The molecular weight excluding hydrogens is 358 g/mol. The lowest BCUT2D eigenvalue weighted by atomic mass is 10.1. The maximum absolute atomic E-state index is 4.53. The van der Waals surface area contributed by atoms with E-state index in [2.05, 4.69) is 87.3 Å². The number of benzene rings is 2. The first-order valence-corrected chi connectivity index (χ1v) is 10.2. The standard InChI is InChI=1S/C24H31N5/c1-4-20-10-12-22(13-11-20)18-28(3)24(25-2)27-15-14-23-26-16-17-29(23)19-21-8-6-5-7-9-21/h5-13,16-17H,4,14-15,18-19H2,1-3H3,(H,25,27). The average Bonchev–Trinajstić information content (AvgIpc) is 3.19. The van der Waals surface area contributed by atoms with Crippen molar-refractivity contribution in [2.45, 2.75) is 32.9 Å². The second kappa shape index (κ2) is 10.5. The van der Waals surface area contributed by atoms with Gasteiger partial charge in [-0.25, -0.2) is 4.98 Å². The third-order valence-corrected chi connectivity index (χ3v) is 5.05. The molecule has 0 atom stereocenters. The Labute approximate surface area is 174 Å². The van der Waals surface area contributed by atoms with Crippen molar-refractivity contribution < 1.29 is 0 Å². The normalized spacial score (nSPS) is 11.5. The molecule has 0 unspecified atom stereocenters. The van der Waals surface area contributed by atoms with Crippen molar-refractivity contribution in [3.8, 4) is 0 Å². The fourth-order valence-corrected chi connectivity index (χ4v) is 3.39. The molecule has 0 spiro atoms. The Bertz CT molecular complexity index is 897. The summed E-state index contributed by atoms with van der Waals surface area (Å²) in [6.07, 6.45) is 5.83. The van der Waals surface area contributed by atoms with Crippen LogP contribution in [0.1, 0.15) is 29.4 Å². The minimum absolute atomic E-state index is 0.789. The van der Waals surface area contributed by atoms with Gasteiger partial charge in [0.05, 0.1) is 0 Å². The highest BCUT2D eigenvalue weighted by Gasteiger charge is 2.08. The second-order valence-electron chi connectivity index (χ2n) is 7.21. The van der Waals surface area contributed by atoms with E-state index in [0.29, 0.717) is 0 Å². The molecule has 3 rings (SSSR count). The van der Waals surface area contributed by atoms with E-state index in [-0.39, 0.29) is 0 Å². The van der Waals surface area contributed by atoms with Crippen LogP contribution in [0.5, 0.6) is 0 Å². The molecule has 0 aliphatic heterocycles. The monoisotopic (exact) mass is 389 g/mol. The van der Waals surface area contributed by atoms with Gasteiger partial charge < -0.3 is 14.8 Å². The zero-order chi connectivity index (χ0) is 20.5. The van der Waals surface area contributed by atoms with Gasteiger partial charge in [-0.1, -0.05) is 61.5 Å². The first-order chi connectivity index (χ1) is 14.2. The summed E-state index contributed by atoms with van der Waals surface area (Å²) >= 11 is 0. The smallest absolute Gasteiger partial charge is 0.193 e. The summed E-state index contributed by atoms with van der Waals surface area (Å²) < 4.78 is 2.21. The summed E-state index contributed by atoms with van der Waals surface area (Å²) in [7, 11) is 3.90. The molecule has 29 heavy (non-hydrogen) atoms. The van der Waals surface area contributed by atoms with Crippen molar-refractivity contribution in [1.82, 2.24) is 19.8 Å². The number of aryl methyl sites for hydroxylation is 1. The second-order valence-corrected chi connectivity index (χ2v) is 7.21. The fourth-order valence-electron chi connectivity index (χ4n) is 3.39. The van der Waals surface area contributed by atoms with E-state index in [0.717, 1.165) is 44.3 Å². The minimum Gasteiger partial charge on any atom is -0.356 e. The molecule has 1 N–H and O–H groups in total. The summed E-state index contributed by atoms with van der Waals surface area (Å²) in [5.74, 6) is 1.97. The number of nitrogens with zero attached hydrogens (tertiary/aromatic N) is 4. The molecule has 0 radical (unpaired) electrons. The van der Waals surface area contributed by atoms with Crippen LogP contribution in [-0.4, -0.2) is 41.1 Å². The highest BCUT2D eigenvalue weighted by atomic mass is 15.3. The minimum atomic E-state index is 0.789. The van der Waals surface area contributed by atoms with Crippen molar-refractivity contribution in [1.29, 1.82) is 0 Å². The van der Waals surface area contributed by atoms with Gasteiger partial charge >= 0.3 is 0 Å². The largest absolute Gasteiger partial charge is 0.356 e. The van der Waals surface area contributed by atoms with Gasteiger partial charge in [0.25, 0.3) is 0 Å². The number of hydrogen-bond donors (Lipinski definition) is 1. The molecule has 0 aliphatic carbocycles. The van der Waals surface area contributed by atoms with Crippen molar-refractivity contribution >= 4 is 5.96 Å². The first-order valence-electron chi connectivity index (χ1n) is 10.2. The zero-order valence-corrected chi connectivity index (χ0v) is 17.7. The van der Waals surface area contributed by atoms with Gasteiger partial charge in [-0.3, -0.25) is 4.99 Å². The predicted molar refractivity (Wildman–Crippen MR) is 120 cm³/mol. The van der Waals surface area contributed by atoms with E-state index in [1.165, 1.54) is 16.7 Å². The number of guanidine groups is 1. The van der Waals surface area contributed by atoms with Gasteiger partial charge in [0.2, 0.25) is 0 Å². The van der Waals surface area contributed by atoms with Crippen LogP contribution >= 0.6 is 0 Å². The maximum atomic E-state index is 4.53. The zero-order valence-electron chi connectivity index (χ0n) is 17.7. The van der Waals surface area contributed by atoms with Gasteiger partial charge in [0, 0.05) is 52.5 Å². The lowest BCUT2D eigenvalue weighted by Crippen LogP contribution is -2.39. The van der Waals surface area contributed by atoms with Gasteiger partial charge in [0.15, 0.2) is 5.96 Å². The van der Waals surface area contributed by atoms with Crippen LogP contribution < -0.4 is 5.32 Å². The Hall–Kier alpha value is -3.08. The lowest BCUT2D eigenvalue weighted by molar-refractivity contribution is 0.476. The molecule has 2 aromatic carbocycles. The van der Waals surface area contributed by atoms with Crippen LogP contribution in [-0.2, 0) is 25.9 Å². The molecule has 152 valence electrons. The lowest BCUT2D eigenvalue weighted by Gasteiger charge is -2.22. The van der Waals surface area contributed by atoms with Crippen LogP contribution in [0.3, 0.4) is 0 Å². The van der Waals surface area contributed by atoms with Crippen molar-refractivity contribution in [2.75, 3.05) is 20.6 Å². The number of hydrogen-bond acceptors (Lipinski definition) is 2. The SMILES string of the molecule is CCc1ccc(CN(C)C(=NC)NCCc2nccn2Cc2ccccc2)cc1. The molecular formula is C24H31N5. The number of aromatic nitrogens is 2. The highest BCUT2D eigenvalue weighted by molar-refractivity contribution is 5.79. The molecule has 0 saturated heterocycles. The van der Waals surface area contributed by atoms with E-state index < -0.39 is 0 Å². The predicted octanol–water partition coefficient (Wildman–Crippen LogP) is 3.74. The molecule has 0 bridgehead atoms. The van der Waals surface area contributed by atoms with E-state index in [1.54, 1.807) is 0 Å². The summed E-state index contributed by atoms with van der Waals surface area (Å²) in [6.45, 7) is 4.64. The van der Waals surface area contributed by atoms with E-state index in [1.807, 2.05) is 25.5 Å². The molecule has 0 fully saturated rings. The van der Waals surface area contributed by atoms with Gasteiger partial charge in [-0.2, -0.15) is 0 Å². The summed E-state index contributed by atoms with van der Waals surface area (Å²) in [5.41, 5.74) is 3.93. The molecule has 1 heterocycles. The first kappa shape index (κ1) is 20.6. The van der Waals surface area contributed by atoms with Crippen LogP contribution in [0.2, 0.25) is 0 Å². The van der Waals surface area contributed by atoms with Crippen LogP contribution in [0.15, 0.2) is 72.0 Å². The molecule has 3 aromatic rings. The number of rotatable bonds is 8. The Morgan fingerprint density at radius 1 is 1.03 bits per heavy atom. The Morgan fingerprint density at radius 2 is 1.76 bits per heavy atom. The van der Waals surface area contributed by atoms with Crippen LogP contribution in [0.4, 0.5) is 0 Å². The third-order valence-electron chi connectivity index (χ3n) is 5.05. The Morgan fingerprint density at radius 3 is 2.45 bits per heavy atom. The van der Waals surface area contributed by atoms with E-state index >= 15 is 0 Å².